The standard InChI is InChI=1S/C11H20.C2H6/c1-4-6-11-8-5-7-9(2)10(11)3;1-2/h11H,4-8H2,1-3H3;1-2H3/t11-;/m1./s1. The number of hydrogen-bond donors (Lipinski definition) is 0. The van der Waals surface area contributed by atoms with Gasteiger partial charge in [-0.05, 0) is 45.4 Å². The zero-order chi connectivity index (χ0) is 10.3. The van der Waals surface area contributed by atoms with E-state index in [1.165, 1.54) is 32.1 Å². The van der Waals surface area contributed by atoms with E-state index in [0.29, 0.717) is 0 Å². The molecule has 0 aromatic heterocycles. The Bertz CT molecular complexity index is 153. The van der Waals surface area contributed by atoms with E-state index in [1.54, 1.807) is 11.1 Å². The predicted molar refractivity (Wildman–Crippen MR) is 62.0 cm³/mol. The van der Waals surface area contributed by atoms with Gasteiger partial charge in [-0.25, -0.2) is 0 Å². The first kappa shape index (κ1) is 12.7. The summed E-state index contributed by atoms with van der Waals surface area (Å²) in [6.07, 6.45) is 6.97. The van der Waals surface area contributed by atoms with Crippen molar-refractivity contribution in [3.63, 3.8) is 0 Å². The minimum absolute atomic E-state index is 0.925. The Balaban J connectivity index is 0.000000671. The van der Waals surface area contributed by atoms with Gasteiger partial charge in [-0.15, -0.1) is 0 Å². The van der Waals surface area contributed by atoms with Crippen LogP contribution in [0.25, 0.3) is 0 Å². The van der Waals surface area contributed by atoms with Gasteiger partial charge in [0.25, 0.3) is 0 Å². The lowest BCUT2D eigenvalue weighted by Crippen LogP contribution is -2.08. The highest BCUT2D eigenvalue weighted by Gasteiger charge is 2.15. The summed E-state index contributed by atoms with van der Waals surface area (Å²) < 4.78 is 0. The van der Waals surface area contributed by atoms with Crippen LogP contribution in [-0.4, -0.2) is 0 Å². The van der Waals surface area contributed by atoms with E-state index >= 15 is 0 Å². The second-order valence-electron chi connectivity index (χ2n) is 3.84. The van der Waals surface area contributed by atoms with Crippen molar-refractivity contribution in [1.29, 1.82) is 0 Å². The molecule has 0 bridgehead atoms. The molecule has 0 spiro atoms. The summed E-state index contributed by atoms with van der Waals surface area (Å²) in [5, 5.41) is 0. The first-order chi connectivity index (χ1) is 6.25. The fourth-order valence-corrected chi connectivity index (χ4v) is 2.09. The van der Waals surface area contributed by atoms with Crippen LogP contribution in [0.3, 0.4) is 0 Å². The Labute approximate surface area is 84.4 Å². The monoisotopic (exact) mass is 182 g/mol. The van der Waals surface area contributed by atoms with Crippen molar-refractivity contribution < 1.29 is 0 Å². The van der Waals surface area contributed by atoms with Gasteiger partial charge in [0, 0.05) is 0 Å². The van der Waals surface area contributed by atoms with Gasteiger partial charge in [-0.3, -0.25) is 0 Å². The lowest BCUT2D eigenvalue weighted by Gasteiger charge is -2.24. The molecule has 0 saturated heterocycles. The van der Waals surface area contributed by atoms with Crippen molar-refractivity contribution in [3.05, 3.63) is 11.1 Å². The Hall–Kier alpha value is -0.260. The van der Waals surface area contributed by atoms with Crippen LogP contribution in [0.5, 0.6) is 0 Å². The molecule has 0 saturated carbocycles. The summed E-state index contributed by atoms with van der Waals surface area (Å²) in [5.41, 5.74) is 3.35. The number of hydrogen-bond acceptors (Lipinski definition) is 0. The Morgan fingerprint density at radius 2 is 1.85 bits per heavy atom. The molecule has 0 aliphatic heterocycles. The smallest absolute Gasteiger partial charge is 0.0203 e. The van der Waals surface area contributed by atoms with Gasteiger partial charge in [0.05, 0.1) is 0 Å². The quantitative estimate of drug-likeness (QED) is 0.530. The summed E-state index contributed by atoms with van der Waals surface area (Å²) in [6.45, 7) is 10.9. The van der Waals surface area contributed by atoms with Gasteiger partial charge in [0.15, 0.2) is 0 Å². The van der Waals surface area contributed by atoms with E-state index in [2.05, 4.69) is 20.8 Å². The lowest BCUT2D eigenvalue weighted by molar-refractivity contribution is 0.462. The third-order valence-corrected chi connectivity index (χ3v) is 3.03. The van der Waals surface area contributed by atoms with Crippen molar-refractivity contribution in [2.75, 3.05) is 0 Å². The van der Waals surface area contributed by atoms with Crippen LogP contribution in [0.2, 0.25) is 0 Å². The molecule has 0 fully saturated rings. The van der Waals surface area contributed by atoms with Crippen molar-refractivity contribution in [1.82, 2.24) is 0 Å². The highest BCUT2D eigenvalue weighted by molar-refractivity contribution is 5.15. The zero-order valence-electron chi connectivity index (χ0n) is 10.1. The van der Waals surface area contributed by atoms with E-state index in [9.17, 15) is 0 Å². The zero-order valence-corrected chi connectivity index (χ0v) is 10.1. The molecule has 0 aromatic carbocycles. The SMILES string of the molecule is CC.CCC[C@@H]1CCCC(C)=C1C. The molecule has 1 aliphatic rings. The molecule has 13 heavy (non-hydrogen) atoms. The molecule has 0 amide bonds. The van der Waals surface area contributed by atoms with E-state index in [-0.39, 0.29) is 0 Å². The Morgan fingerprint density at radius 1 is 1.23 bits per heavy atom. The van der Waals surface area contributed by atoms with Crippen LogP contribution >= 0.6 is 0 Å². The molecule has 1 atom stereocenters. The second kappa shape index (κ2) is 7.17. The first-order valence-corrected chi connectivity index (χ1v) is 5.92. The third kappa shape index (κ3) is 3.97. The molecule has 0 radical (unpaired) electrons. The minimum atomic E-state index is 0.925. The minimum Gasteiger partial charge on any atom is -0.0741 e. The number of allylic oxidation sites excluding steroid dienone is 2. The van der Waals surface area contributed by atoms with Gasteiger partial charge in [0.2, 0.25) is 0 Å². The first-order valence-electron chi connectivity index (χ1n) is 5.92. The maximum Gasteiger partial charge on any atom is -0.0203 e. The summed E-state index contributed by atoms with van der Waals surface area (Å²) in [7, 11) is 0. The summed E-state index contributed by atoms with van der Waals surface area (Å²) >= 11 is 0. The highest BCUT2D eigenvalue weighted by atomic mass is 14.2. The van der Waals surface area contributed by atoms with Crippen LogP contribution < -0.4 is 0 Å². The Morgan fingerprint density at radius 3 is 2.38 bits per heavy atom. The molecule has 0 unspecified atom stereocenters. The second-order valence-corrected chi connectivity index (χ2v) is 3.84. The normalized spacial score (nSPS) is 22.4. The van der Waals surface area contributed by atoms with Crippen LogP contribution in [0.4, 0.5) is 0 Å². The van der Waals surface area contributed by atoms with Crippen molar-refractivity contribution >= 4 is 0 Å². The van der Waals surface area contributed by atoms with Crippen molar-refractivity contribution in [2.24, 2.45) is 5.92 Å². The molecule has 0 N–H and O–H groups in total. The fourth-order valence-electron chi connectivity index (χ4n) is 2.09. The van der Waals surface area contributed by atoms with Crippen molar-refractivity contribution in [2.45, 2.75) is 66.7 Å². The average molecular weight is 182 g/mol. The van der Waals surface area contributed by atoms with E-state index in [1.807, 2.05) is 13.8 Å². The molecule has 78 valence electrons. The highest BCUT2D eigenvalue weighted by Crippen LogP contribution is 2.32. The van der Waals surface area contributed by atoms with Gasteiger partial charge in [0.1, 0.15) is 0 Å². The van der Waals surface area contributed by atoms with E-state index in [4.69, 9.17) is 0 Å². The number of rotatable bonds is 2. The van der Waals surface area contributed by atoms with Crippen molar-refractivity contribution in [3.8, 4) is 0 Å². The van der Waals surface area contributed by atoms with Gasteiger partial charge in [-0.1, -0.05) is 38.3 Å². The topological polar surface area (TPSA) is 0 Å². The molecule has 0 aromatic rings. The Kier molecular flexibility index (Phi) is 7.03. The largest absolute Gasteiger partial charge is 0.0741 e. The summed E-state index contributed by atoms with van der Waals surface area (Å²) in [4.78, 5) is 0. The van der Waals surface area contributed by atoms with E-state index < -0.39 is 0 Å². The van der Waals surface area contributed by atoms with Gasteiger partial charge in [-0.2, -0.15) is 0 Å². The molecule has 0 heteroatoms. The van der Waals surface area contributed by atoms with Crippen LogP contribution in [0, 0.1) is 5.92 Å². The molecule has 1 rings (SSSR count). The average Bonchev–Trinajstić information content (AvgIpc) is 2.17. The molecule has 0 heterocycles. The fraction of sp³-hybridized carbons (Fsp3) is 0.846. The predicted octanol–water partition coefficient (Wildman–Crippen LogP) is 4.95. The molecule has 0 nitrogen and oxygen atoms in total. The summed E-state index contributed by atoms with van der Waals surface area (Å²) in [5.74, 6) is 0.925. The molecule has 1 aliphatic carbocycles. The maximum absolute atomic E-state index is 2.33. The van der Waals surface area contributed by atoms with Gasteiger partial charge < -0.3 is 0 Å². The van der Waals surface area contributed by atoms with E-state index in [0.717, 1.165) is 5.92 Å². The molecular weight excluding hydrogens is 156 g/mol. The third-order valence-electron chi connectivity index (χ3n) is 3.03. The molecular formula is C13H26. The van der Waals surface area contributed by atoms with Crippen LogP contribution in [-0.2, 0) is 0 Å². The maximum atomic E-state index is 2.33. The summed E-state index contributed by atoms with van der Waals surface area (Å²) in [6, 6.07) is 0. The lowest BCUT2D eigenvalue weighted by atomic mass is 9.82. The van der Waals surface area contributed by atoms with Crippen LogP contribution in [0.1, 0.15) is 66.7 Å². The van der Waals surface area contributed by atoms with Crippen LogP contribution in [0.15, 0.2) is 11.1 Å². The van der Waals surface area contributed by atoms with Gasteiger partial charge >= 0.3 is 0 Å².